The molecule has 1 aliphatic rings. The molecule has 134 valence electrons. The largest absolute Gasteiger partial charge is 0.494 e. The molecule has 4 rings (SSSR count). The molecule has 0 spiro atoms. The summed E-state index contributed by atoms with van der Waals surface area (Å²) in [5.41, 5.74) is 4.45. The smallest absolute Gasteiger partial charge is 0.330 e. The van der Waals surface area contributed by atoms with Crippen LogP contribution in [0.2, 0.25) is 0 Å². The standard InChI is InChI=1S/C18H19N5O3/c1-3-23-9-11(10-6-4-5-7-14(10)23)12-8-13(21-20-12)15-16(24)19-18(26)22(2)17(15)25/h4-7,9,12,20,25H,3,8H2,1-2H3,(H,19,24,26). The number of aromatic amines is 1. The first kappa shape index (κ1) is 16.2. The molecule has 26 heavy (non-hydrogen) atoms. The maximum absolute atomic E-state index is 12.2. The van der Waals surface area contributed by atoms with Gasteiger partial charge in [0.15, 0.2) is 0 Å². The first-order chi connectivity index (χ1) is 12.5. The van der Waals surface area contributed by atoms with Gasteiger partial charge < -0.3 is 15.1 Å². The van der Waals surface area contributed by atoms with Crippen molar-refractivity contribution in [3.05, 3.63) is 62.4 Å². The van der Waals surface area contributed by atoms with E-state index >= 15 is 0 Å². The van der Waals surface area contributed by atoms with Crippen molar-refractivity contribution in [2.24, 2.45) is 12.1 Å². The normalized spacial score (nSPS) is 16.7. The van der Waals surface area contributed by atoms with E-state index in [1.807, 2.05) is 12.1 Å². The van der Waals surface area contributed by atoms with Crippen molar-refractivity contribution in [1.82, 2.24) is 19.5 Å². The number of nitrogens with zero attached hydrogens (tertiary/aromatic N) is 3. The van der Waals surface area contributed by atoms with E-state index in [0.717, 1.165) is 27.6 Å². The molecule has 0 amide bonds. The second-order valence-electron chi connectivity index (χ2n) is 6.35. The van der Waals surface area contributed by atoms with E-state index in [2.05, 4.69) is 45.3 Å². The molecular weight excluding hydrogens is 334 g/mol. The van der Waals surface area contributed by atoms with Crippen LogP contribution in [0.4, 0.5) is 0 Å². The average molecular weight is 353 g/mol. The van der Waals surface area contributed by atoms with E-state index in [9.17, 15) is 14.7 Å². The minimum atomic E-state index is -0.662. The van der Waals surface area contributed by atoms with Gasteiger partial charge in [-0.25, -0.2) is 4.79 Å². The molecule has 1 aliphatic heterocycles. The zero-order valence-electron chi connectivity index (χ0n) is 14.5. The van der Waals surface area contributed by atoms with Crippen molar-refractivity contribution in [2.45, 2.75) is 25.9 Å². The molecule has 0 saturated carbocycles. The highest BCUT2D eigenvalue weighted by atomic mass is 16.3. The number of hydrogen-bond donors (Lipinski definition) is 3. The molecule has 0 fully saturated rings. The van der Waals surface area contributed by atoms with Crippen molar-refractivity contribution in [1.29, 1.82) is 0 Å². The molecule has 0 radical (unpaired) electrons. The van der Waals surface area contributed by atoms with E-state index in [1.165, 1.54) is 7.05 Å². The maximum Gasteiger partial charge on any atom is 0.330 e. The zero-order chi connectivity index (χ0) is 18.4. The van der Waals surface area contributed by atoms with Gasteiger partial charge in [-0.05, 0) is 13.0 Å². The van der Waals surface area contributed by atoms with Gasteiger partial charge in [0.25, 0.3) is 5.56 Å². The number of aryl methyl sites for hydroxylation is 1. The SMILES string of the molecule is CCn1cc(C2CC(c3c(O)n(C)c(=O)[nH]c3=O)=NN2)c2ccccc21. The Bertz CT molecular complexity index is 1150. The van der Waals surface area contributed by atoms with Gasteiger partial charge in [-0.2, -0.15) is 5.10 Å². The van der Waals surface area contributed by atoms with Crippen LogP contribution >= 0.6 is 0 Å². The third-order valence-corrected chi connectivity index (χ3v) is 4.87. The fourth-order valence-electron chi connectivity index (χ4n) is 3.46. The first-order valence-corrected chi connectivity index (χ1v) is 8.43. The lowest BCUT2D eigenvalue weighted by atomic mass is 9.99. The Morgan fingerprint density at radius 2 is 2.08 bits per heavy atom. The molecule has 3 aromatic rings. The molecule has 8 heteroatoms. The number of hydrazone groups is 1. The van der Waals surface area contributed by atoms with Crippen molar-refractivity contribution in [3.63, 3.8) is 0 Å². The minimum Gasteiger partial charge on any atom is -0.494 e. The molecular formula is C18H19N5O3. The summed E-state index contributed by atoms with van der Waals surface area (Å²) in [5.74, 6) is -0.379. The lowest BCUT2D eigenvalue weighted by molar-refractivity contribution is 0.416. The molecule has 3 N–H and O–H groups in total. The summed E-state index contributed by atoms with van der Waals surface area (Å²) in [6.45, 7) is 2.94. The predicted molar refractivity (Wildman–Crippen MR) is 98.6 cm³/mol. The van der Waals surface area contributed by atoms with E-state index in [4.69, 9.17) is 0 Å². The second-order valence-corrected chi connectivity index (χ2v) is 6.35. The number of H-pyrrole nitrogens is 1. The number of benzene rings is 1. The summed E-state index contributed by atoms with van der Waals surface area (Å²) >= 11 is 0. The molecule has 3 heterocycles. The van der Waals surface area contributed by atoms with Gasteiger partial charge in [0.2, 0.25) is 5.88 Å². The summed E-state index contributed by atoms with van der Waals surface area (Å²) in [5, 5.41) is 15.6. The third-order valence-electron chi connectivity index (χ3n) is 4.87. The Balaban J connectivity index is 1.74. The van der Waals surface area contributed by atoms with E-state index < -0.39 is 11.2 Å². The molecule has 0 aliphatic carbocycles. The van der Waals surface area contributed by atoms with Gasteiger partial charge in [0.05, 0.1) is 11.8 Å². The molecule has 1 aromatic carbocycles. The van der Waals surface area contributed by atoms with E-state index in [1.54, 1.807) is 0 Å². The summed E-state index contributed by atoms with van der Waals surface area (Å²) in [6, 6.07) is 8.02. The van der Waals surface area contributed by atoms with Crippen LogP contribution in [0.5, 0.6) is 5.88 Å². The van der Waals surface area contributed by atoms with Crippen LogP contribution in [0.15, 0.2) is 45.2 Å². The van der Waals surface area contributed by atoms with Gasteiger partial charge >= 0.3 is 5.69 Å². The number of nitrogens with one attached hydrogen (secondary N) is 2. The summed E-state index contributed by atoms with van der Waals surface area (Å²) < 4.78 is 3.16. The molecule has 1 atom stereocenters. The molecule has 0 bridgehead atoms. The van der Waals surface area contributed by atoms with E-state index in [0.29, 0.717) is 12.1 Å². The number of para-hydroxylation sites is 1. The molecule has 1 unspecified atom stereocenters. The highest BCUT2D eigenvalue weighted by Crippen LogP contribution is 2.32. The third kappa shape index (κ3) is 2.33. The van der Waals surface area contributed by atoms with Crippen molar-refractivity contribution < 1.29 is 5.11 Å². The van der Waals surface area contributed by atoms with Gasteiger partial charge in [-0.1, -0.05) is 18.2 Å². The van der Waals surface area contributed by atoms with Crippen LogP contribution in [-0.2, 0) is 13.6 Å². The molecule has 0 saturated heterocycles. The predicted octanol–water partition coefficient (Wildman–Crippen LogP) is 1.19. The zero-order valence-corrected chi connectivity index (χ0v) is 14.5. The Kier molecular flexibility index (Phi) is 3.68. The van der Waals surface area contributed by atoms with Crippen LogP contribution < -0.4 is 16.7 Å². The van der Waals surface area contributed by atoms with Gasteiger partial charge in [-0.15, -0.1) is 0 Å². The van der Waals surface area contributed by atoms with Crippen LogP contribution in [0.3, 0.4) is 0 Å². The average Bonchev–Trinajstić information content (AvgIpc) is 3.24. The van der Waals surface area contributed by atoms with Gasteiger partial charge in [0, 0.05) is 42.7 Å². The quantitative estimate of drug-likeness (QED) is 0.658. The van der Waals surface area contributed by atoms with Crippen LogP contribution in [0.25, 0.3) is 10.9 Å². The lowest BCUT2D eigenvalue weighted by Gasteiger charge is -2.09. The van der Waals surface area contributed by atoms with E-state index in [-0.39, 0.29) is 17.5 Å². The topological polar surface area (TPSA) is 104 Å². The molecule has 2 aromatic heterocycles. The maximum atomic E-state index is 12.2. The Morgan fingerprint density at radius 1 is 1.31 bits per heavy atom. The fourth-order valence-corrected chi connectivity index (χ4v) is 3.46. The lowest BCUT2D eigenvalue weighted by Crippen LogP contribution is -2.32. The summed E-state index contributed by atoms with van der Waals surface area (Å²) in [7, 11) is 1.40. The fraction of sp³-hybridized carbons (Fsp3) is 0.278. The second kappa shape index (κ2) is 5.91. The molecule has 8 nitrogen and oxygen atoms in total. The summed E-state index contributed by atoms with van der Waals surface area (Å²) in [4.78, 5) is 26.0. The number of hydrogen-bond acceptors (Lipinski definition) is 5. The number of aromatic nitrogens is 3. The van der Waals surface area contributed by atoms with Crippen LogP contribution in [0.1, 0.15) is 30.5 Å². The highest BCUT2D eigenvalue weighted by Gasteiger charge is 2.28. The number of aromatic hydroxyl groups is 1. The van der Waals surface area contributed by atoms with Crippen LogP contribution in [-0.4, -0.2) is 24.9 Å². The van der Waals surface area contributed by atoms with Crippen molar-refractivity contribution in [3.8, 4) is 5.88 Å². The Morgan fingerprint density at radius 3 is 2.85 bits per heavy atom. The van der Waals surface area contributed by atoms with Gasteiger partial charge in [-0.3, -0.25) is 14.3 Å². The minimum absolute atomic E-state index is 0.0290. The Labute approximate surface area is 148 Å². The van der Waals surface area contributed by atoms with Crippen molar-refractivity contribution >= 4 is 16.6 Å². The number of rotatable bonds is 3. The monoisotopic (exact) mass is 353 g/mol. The first-order valence-electron chi connectivity index (χ1n) is 8.43. The van der Waals surface area contributed by atoms with Crippen molar-refractivity contribution in [2.75, 3.05) is 0 Å². The number of fused-ring (bicyclic) bond motifs is 1. The van der Waals surface area contributed by atoms with Gasteiger partial charge in [0.1, 0.15) is 5.56 Å². The highest BCUT2D eigenvalue weighted by molar-refractivity contribution is 6.03. The Hall–Kier alpha value is -3.29. The summed E-state index contributed by atoms with van der Waals surface area (Å²) in [6.07, 6.45) is 2.53. The van der Waals surface area contributed by atoms with Crippen LogP contribution in [0, 0.1) is 0 Å².